The van der Waals surface area contributed by atoms with Crippen molar-refractivity contribution < 1.29 is 13.9 Å². The molecule has 0 aliphatic carbocycles. The number of aromatic nitrogens is 3. The van der Waals surface area contributed by atoms with Gasteiger partial charge in [0, 0.05) is 23.9 Å². The molecule has 0 spiro atoms. The minimum Gasteiger partial charge on any atom is -0.497 e. The number of rotatable bonds is 6. The molecule has 0 radical (unpaired) electrons. The molecule has 1 atom stereocenters. The Balaban J connectivity index is 1.58. The number of methoxy groups -OCH3 is 1. The van der Waals surface area contributed by atoms with Gasteiger partial charge in [-0.15, -0.1) is 10.2 Å². The van der Waals surface area contributed by atoms with Crippen LogP contribution in [0.25, 0.3) is 16.6 Å². The monoisotopic (exact) mass is 382 g/mol. The van der Waals surface area contributed by atoms with E-state index >= 15 is 0 Å². The Morgan fingerprint density at radius 2 is 2.22 bits per heavy atom. The van der Waals surface area contributed by atoms with Crippen LogP contribution in [0, 0.1) is 0 Å². The van der Waals surface area contributed by atoms with Gasteiger partial charge in [-0.2, -0.15) is 0 Å². The standard InChI is InChI=1S/C19H18N4O3S/c1-3-17(18(24)21-12-5-4-6-13(9-12)25-2)27-19-15-10-16-14(7-8-26-16)23(15)11-20-22-19/h4-11,17H,3H2,1-2H3,(H,21,24). The van der Waals surface area contributed by atoms with Crippen LogP contribution in [0.5, 0.6) is 5.75 Å². The number of carbonyl (C=O) groups excluding carboxylic acids is 1. The first-order chi connectivity index (χ1) is 13.2. The second-order valence-electron chi connectivity index (χ2n) is 5.94. The van der Waals surface area contributed by atoms with Crippen molar-refractivity contribution in [2.24, 2.45) is 0 Å². The molecular formula is C19H18N4O3S. The van der Waals surface area contributed by atoms with E-state index in [9.17, 15) is 4.79 Å². The molecule has 1 amide bonds. The lowest BCUT2D eigenvalue weighted by Crippen LogP contribution is -2.24. The van der Waals surface area contributed by atoms with Gasteiger partial charge in [-0.25, -0.2) is 0 Å². The number of furan rings is 1. The number of nitrogens with one attached hydrogen (secondary N) is 1. The number of hydrogen-bond donors (Lipinski definition) is 1. The summed E-state index contributed by atoms with van der Waals surface area (Å²) in [5.41, 5.74) is 3.26. The van der Waals surface area contributed by atoms with Gasteiger partial charge in [0.05, 0.1) is 29.7 Å². The maximum Gasteiger partial charge on any atom is 0.237 e. The molecule has 1 N–H and O–H groups in total. The summed E-state index contributed by atoms with van der Waals surface area (Å²) in [6.45, 7) is 1.97. The van der Waals surface area contributed by atoms with E-state index in [2.05, 4.69) is 15.5 Å². The topological polar surface area (TPSA) is 81.7 Å². The molecule has 138 valence electrons. The number of carbonyl (C=O) groups is 1. The zero-order chi connectivity index (χ0) is 18.8. The lowest BCUT2D eigenvalue weighted by atomic mass is 10.2. The number of nitrogens with zero attached hydrogens (tertiary/aromatic N) is 3. The van der Waals surface area contributed by atoms with Crippen molar-refractivity contribution in [2.75, 3.05) is 12.4 Å². The normalized spacial score (nSPS) is 12.4. The third-order valence-corrected chi connectivity index (χ3v) is 5.60. The summed E-state index contributed by atoms with van der Waals surface area (Å²) in [5, 5.41) is 11.6. The first-order valence-electron chi connectivity index (χ1n) is 8.51. The second-order valence-corrected chi connectivity index (χ2v) is 7.13. The summed E-state index contributed by atoms with van der Waals surface area (Å²) in [6.07, 6.45) is 3.94. The van der Waals surface area contributed by atoms with Crippen LogP contribution in [0.3, 0.4) is 0 Å². The zero-order valence-electron chi connectivity index (χ0n) is 14.9. The second kappa shape index (κ2) is 7.32. The SMILES string of the molecule is CCC(Sc1nncn2c1cc1occc12)C(=O)Nc1cccc(OC)c1. The van der Waals surface area contributed by atoms with E-state index in [1.807, 2.05) is 41.7 Å². The molecule has 0 saturated carbocycles. The van der Waals surface area contributed by atoms with Crippen molar-refractivity contribution in [3.05, 3.63) is 49.0 Å². The average molecular weight is 382 g/mol. The molecule has 3 heterocycles. The Morgan fingerprint density at radius 1 is 1.33 bits per heavy atom. The van der Waals surface area contributed by atoms with Gasteiger partial charge in [-0.3, -0.25) is 9.20 Å². The van der Waals surface area contributed by atoms with Gasteiger partial charge in [-0.1, -0.05) is 24.8 Å². The van der Waals surface area contributed by atoms with Gasteiger partial charge in [0.25, 0.3) is 0 Å². The fraction of sp³-hybridized carbons (Fsp3) is 0.211. The molecule has 4 rings (SSSR count). The summed E-state index contributed by atoms with van der Waals surface area (Å²) in [7, 11) is 1.60. The van der Waals surface area contributed by atoms with Crippen molar-refractivity contribution in [2.45, 2.75) is 23.6 Å². The predicted molar refractivity (Wildman–Crippen MR) is 104 cm³/mol. The average Bonchev–Trinajstić information content (AvgIpc) is 3.28. The summed E-state index contributed by atoms with van der Waals surface area (Å²) < 4.78 is 12.6. The number of benzene rings is 1. The zero-order valence-corrected chi connectivity index (χ0v) is 15.7. The number of hydrogen-bond acceptors (Lipinski definition) is 6. The fourth-order valence-corrected chi connectivity index (χ4v) is 3.85. The highest BCUT2D eigenvalue weighted by Crippen LogP contribution is 2.31. The van der Waals surface area contributed by atoms with Crippen LogP contribution in [-0.2, 0) is 4.79 Å². The maximum atomic E-state index is 12.8. The number of thioether (sulfide) groups is 1. The number of fused-ring (bicyclic) bond motifs is 3. The molecule has 1 unspecified atom stereocenters. The van der Waals surface area contributed by atoms with E-state index < -0.39 is 0 Å². The molecule has 27 heavy (non-hydrogen) atoms. The van der Waals surface area contributed by atoms with Crippen LogP contribution in [0.1, 0.15) is 13.3 Å². The summed E-state index contributed by atoms with van der Waals surface area (Å²) in [4.78, 5) is 12.8. The molecule has 0 aliphatic rings. The van der Waals surface area contributed by atoms with E-state index in [0.29, 0.717) is 22.9 Å². The minimum atomic E-state index is -0.307. The molecule has 4 aromatic rings. The van der Waals surface area contributed by atoms with E-state index in [1.54, 1.807) is 25.8 Å². The van der Waals surface area contributed by atoms with Gasteiger partial charge in [0.2, 0.25) is 5.91 Å². The molecule has 0 bridgehead atoms. The van der Waals surface area contributed by atoms with Crippen LogP contribution in [0.2, 0.25) is 0 Å². The molecule has 1 aromatic carbocycles. The van der Waals surface area contributed by atoms with Gasteiger partial charge in [0.15, 0.2) is 5.58 Å². The quantitative estimate of drug-likeness (QED) is 0.508. The largest absolute Gasteiger partial charge is 0.497 e. The van der Waals surface area contributed by atoms with Crippen LogP contribution in [0.4, 0.5) is 5.69 Å². The maximum absolute atomic E-state index is 12.8. The van der Waals surface area contributed by atoms with Crippen LogP contribution < -0.4 is 10.1 Å². The van der Waals surface area contributed by atoms with Crippen molar-refractivity contribution in [3.63, 3.8) is 0 Å². The molecule has 0 saturated heterocycles. The number of anilines is 1. The first-order valence-corrected chi connectivity index (χ1v) is 9.39. The highest BCUT2D eigenvalue weighted by molar-refractivity contribution is 8.00. The third-order valence-electron chi connectivity index (χ3n) is 4.25. The summed E-state index contributed by atoms with van der Waals surface area (Å²) >= 11 is 1.39. The molecule has 7 nitrogen and oxygen atoms in total. The van der Waals surface area contributed by atoms with Crippen molar-refractivity contribution >= 4 is 40.0 Å². The summed E-state index contributed by atoms with van der Waals surface area (Å²) in [6, 6.07) is 11.1. The van der Waals surface area contributed by atoms with Crippen LogP contribution in [0.15, 0.2) is 58.4 Å². The van der Waals surface area contributed by atoms with Gasteiger partial charge < -0.3 is 14.5 Å². The number of amides is 1. The molecule has 8 heteroatoms. The van der Waals surface area contributed by atoms with E-state index in [0.717, 1.165) is 16.6 Å². The van der Waals surface area contributed by atoms with Crippen molar-refractivity contribution in [3.8, 4) is 5.75 Å². The van der Waals surface area contributed by atoms with Crippen LogP contribution in [-0.4, -0.2) is 32.9 Å². The number of ether oxygens (including phenoxy) is 1. The predicted octanol–water partition coefficient (Wildman–Crippen LogP) is 3.99. The fourth-order valence-electron chi connectivity index (χ4n) is 2.88. The van der Waals surface area contributed by atoms with E-state index in [-0.39, 0.29) is 11.2 Å². The summed E-state index contributed by atoms with van der Waals surface area (Å²) in [5.74, 6) is 0.606. The third kappa shape index (κ3) is 3.35. The van der Waals surface area contributed by atoms with E-state index in [4.69, 9.17) is 9.15 Å². The lowest BCUT2D eigenvalue weighted by molar-refractivity contribution is -0.115. The van der Waals surface area contributed by atoms with Gasteiger partial charge in [-0.05, 0) is 18.6 Å². The molecular weight excluding hydrogens is 364 g/mol. The Bertz CT molecular complexity index is 1100. The smallest absolute Gasteiger partial charge is 0.237 e. The van der Waals surface area contributed by atoms with Gasteiger partial charge in [0.1, 0.15) is 17.1 Å². The molecule has 0 fully saturated rings. The highest BCUT2D eigenvalue weighted by atomic mass is 32.2. The Morgan fingerprint density at radius 3 is 3.04 bits per heavy atom. The molecule has 3 aromatic heterocycles. The highest BCUT2D eigenvalue weighted by Gasteiger charge is 2.21. The Kier molecular flexibility index (Phi) is 4.72. The molecule has 0 aliphatic heterocycles. The minimum absolute atomic E-state index is 0.0881. The van der Waals surface area contributed by atoms with E-state index in [1.165, 1.54) is 11.8 Å². The Labute approximate surface area is 159 Å². The van der Waals surface area contributed by atoms with Crippen LogP contribution >= 0.6 is 11.8 Å². The Hall–Kier alpha value is -3.00. The van der Waals surface area contributed by atoms with Gasteiger partial charge >= 0.3 is 0 Å². The first kappa shape index (κ1) is 17.4. The van der Waals surface area contributed by atoms with Crippen molar-refractivity contribution in [1.82, 2.24) is 14.6 Å². The lowest BCUT2D eigenvalue weighted by Gasteiger charge is -2.15. The van der Waals surface area contributed by atoms with Crippen molar-refractivity contribution in [1.29, 1.82) is 0 Å².